The van der Waals surface area contributed by atoms with E-state index in [4.69, 9.17) is 4.42 Å². The highest BCUT2D eigenvalue weighted by atomic mass is 16.3. The SMILES string of the molecule is CCCNC(CC(C)C)c1cc2cc(C)ccc2o1. The minimum absolute atomic E-state index is 0.327. The summed E-state index contributed by atoms with van der Waals surface area (Å²) in [5, 5.41) is 4.81. The van der Waals surface area contributed by atoms with E-state index in [9.17, 15) is 0 Å². The van der Waals surface area contributed by atoms with Crippen molar-refractivity contribution >= 4 is 11.0 Å². The highest BCUT2D eigenvalue weighted by molar-refractivity contribution is 5.78. The van der Waals surface area contributed by atoms with Crippen molar-refractivity contribution in [1.82, 2.24) is 5.32 Å². The van der Waals surface area contributed by atoms with Crippen LogP contribution in [0.15, 0.2) is 28.7 Å². The Hall–Kier alpha value is -1.28. The summed E-state index contributed by atoms with van der Waals surface area (Å²) in [4.78, 5) is 0. The van der Waals surface area contributed by atoms with E-state index in [1.807, 2.05) is 0 Å². The summed E-state index contributed by atoms with van der Waals surface area (Å²) in [6.07, 6.45) is 2.26. The first kappa shape index (κ1) is 14.1. The minimum atomic E-state index is 0.327. The molecule has 19 heavy (non-hydrogen) atoms. The lowest BCUT2D eigenvalue weighted by atomic mass is 10.0. The molecule has 1 unspecified atom stereocenters. The van der Waals surface area contributed by atoms with E-state index in [2.05, 4.69) is 57.3 Å². The second-order valence-electron chi connectivity index (χ2n) is 5.83. The van der Waals surface area contributed by atoms with Gasteiger partial charge in [-0.25, -0.2) is 0 Å². The third kappa shape index (κ3) is 3.60. The molecule has 0 aliphatic carbocycles. The molecule has 1 atom stereocenters. The number of rotatable bonds is 6. The van der Waals surface area contributed by atoms with E-state index in [0.29, 0.717) is 12.0 Å². The van der Waals surface area contributed by atoms with Crippen molar-refractivity contribution in [3.05, 3.63) is 35.6 Å². The molecule has 1 heterocycles. The molecular formula is C17H25NO. The number of hydrogen-bond acceptors (Lipinski definition) is 2. The number of hydrogen-bond donors (Lipinski definition) is 1. The number of nitrogens with one attached hydrogen (secondary N) is 1. The fourth-order valence-electron chi connectivity index (χ4n) is 2.45. The average Bonchev–Trinajstić information content (AvgIpc) is 2.76. The van der Waals surface area contributed by atoms with Crippen molar-refractivity contribution in [2.24, 2.45) is 5.92 Å². The van der Waals surface area contributed by atoms with Gasteiger partial charge in [0.15, 0.2) is 0 Å². The Kier molecular flexibility index (Phi) is 4.65. The summed E-state index contributed by atoms with van der Waals surface area (Å²) in [5.41, 5.74) is 2.27. The first-order chi connectivity index (χ1) is 9.10. The first-order valence-electron chi connectivity index (χ1n) is 7.33. The number of furan rings is 1. The second-order valence-corrected chi connectivity index (χ2v) is 5.83. The molecule has 0 amide bonds. The zero-order chi connectivity index (χ0) is 13.8. The van der Waals surface area contributed by atoms with E-state index in [1.54, 1.807) is 0 Å². The van der Waals surface area contributed by atoms with Gasteiger partial charge in [0.1, 0.15) is 11.3 Å². The molecule has 2 heteroatoms. The Morgan fingerprint density at radius 1 is 1.21 bits per heavy atom. The largest absolute Gasteiger partial charge is 0.459 e. The van der Waals surface area contributed by atoms with Gasteiger partial charge in [-0.2, -0.15) is 0 Å². The zero-order valence-electron chi connectivity index (χ0n) is 12.5. The molecular weight excluding hydrogens is 234 g/mol. The summed E-state index contributed by atoms with van der Waals surface area (Å²) in [6, 6.07) is 8.88. The number of fused-ring (bicyclic) bond motifs is 1. The first-order valence-corrected chi connectivity index (χ1v) is 7.33. The van der Waals surface area contributed by atoms with Crippen LogP contribution in [0.4, 0.5) is 0 Å². The van der Waals surface area contributed by atoms with Gasteiger partial charge in [-0.05, 0) is 50.4 Å². The van der Waals surface area contributed by atoms with E-state index < -0.39 is 0 Å². The van der Waals surface area contributed by atoms with Crippen LogP contribution in [-0.2, 0) is 0 Å². The van der Waals surface area contributed by atoms with E-state index in [1.165, 1.54) is 10.9 Å². The molecule has 0 aliphatic rings. The molecule has 0 fully saturated rings. The van der Waals surface area contributed by atoms with Crippen LogP contribution in [0.5, 0.6) is 0 Å². The Morgan fingerprint density at radius 2 is 2.00 bits per heavy atom. The molecule has 2 aromatic rings. The molecule has 1 aromatic heterocycles. The van der Waals surface area contributed by atoms with Gasteiger partial charge in [-0.15, -0.1) is 0 Å². The molecule has 0 saturated heterocycles. The minimum Gasteiger partial charge on any atom is -0.459 e. The third-order valence-electron chi connectivity index (χ3n) is 3.38. The molecule has 2 rings (SSSR count). The van der Waals surface area contributed by atoms with Crippen molar-refractivity contribution in [3.8, 4) is 0 Å². The second kappa shape index (κ2) is 6.25. The van der Waals surface area contributed by atoms with Gasteiger partial charge in [0.05, 0.1) is 6.04 Å². The van der Waals surface area contributed by atoms with Gasteiger partial charge in [0, 0.05) is 5.39 Å². The van der Waals surface area contributed by atoms with Gasteiger partial charge >= 0.3 is 0 Å². The molecule has 0 spiro atoms. The normalized spacial score (nSPS) is 13.3. The van der Waals surface area contributed by atoms with Gasteiger partial charge < -0.3 is 9.73 Å². The zero-order valence-corrected chi connectivity index (χ0v) is 12.5. The summed E-state index contributed by atoms with van der Waals surface area (Å²) in [5.74, 6) is 1.73. The topological polar surface area (TPSA) is 25.2 Å². The van der Waals surface area contributed by atoms with Crippen molar-refractivity contribution in [1.29, 1.82) is 0 Å². The van der Waals surface area contributed by atoms with Crippen LogP contribution in [-0.4, -0.2) is 6.54 Å². The lowest BCUT2D eigenvalue weighted by molar-refractivity contribution is 0.371. The average molecular weight is 259 g/mol. The van der Waals surface area contributed by atoms with E-state index in [-0.39, 0.29) is 0 Å². The van der Waals surface area contributed by atoms with Gasteiger partial charge in [-0.1, -0.05) is 32.4 Å². The van der Waals surface area contributed by atoms with Crippen molar-refractivity contribution < 1.29 is 4.42 Å². The molecule has 0 aliphatic heterocycles. The van der Waals surface area contributed by atoms with Crippen LogP contribution in [0.3, 0.4) is 0 Å². The van der Waals surface area contributed by atoms with E-state index in [0.717, 1.165) is 30.7 Å². The molecule has 1 N–H and O–H groups in total. The van der Waals surface area contributed by atoms with Crippen LogP contribution in [0.1, 0.15) is 51.0 Å². The predicted molar refractivity (Wildman–Crippen MR) is 81.4 cm³/mol. The highest BCUT2D eigenvalue weighted by Gasteiger charge is 2.17. The van der Waals surface area contributed by atoms with Crippen molar-refractivity contribution in [2.75, 3.05) is 6.54 Å². The van der Waals surface area contributed by atoms with Gasteiger partial charge in [0.2, 0.25) is 0 Å². The standard InChI is InChI=1S/C17H25NO/c1-5-8-18-15(9-12(2)3)17-11-14-10-13(4)6-7-16(14)19-17/h6-7,10-12,15,18H,5,8-9H2,1-4H3. The lowest BCUT2D eigenvalue weighted by Gasteiger charge is -2.18. The maximum absolute atomic E-state index is 6.02. The molecule has 0 bridgehead atoms. The van der Waals surface area contributed by atoms with Crippen LogP contribution < -0.4 is 5.32 Å². The maximum atomic E-state index is 6.02. The molecule has 104 valence electrons. The van der Waals surface area contributed by atoms with Crippen LogP contribution in [0, 0.1) is 12.8 Å². The Morgan fingerprint density at radius 3 is 2.68 bits per heavy atom. The monoisotopic (exact) mass is 259 g/mol. The Bertz CT molecular complexity index is 527. The Balaban J connectivity index is 2.26. The molecule has 2 nitrogen and oxygen atoms in total. The fraction of sp³-hybridized carbons (Fsp3) is 0.529. The van der Waals surface area contributed by atoms with Crippen molar-refractivity contribution in [2.45, 2.75) is 46.6 Å². The van der Waals surface area contributed by atoms with Gasteiger partial charge in [-0.3, -0.25) is 0 Å². The quantitative estimate of drug-likeness (QED) is 0.804. The summed E-state index contributed by atoms with van der Waals surface area (Å²) in [7, 11) is 0. The van der Waals surface area contributed by atoms with Crippen molar-refractivity contribution in [3.63, 3.8) is 0 Å². The summed E-state index contributed by atoms with van der Waals surface area (Å²) >= 11 is 0. The van der Waals surface area contributed by atoms with E-state index >= 15 is 0 Å². The Labute approximate surface area is 116 Å². The van der Waals surface area contributed by atoms with Crippen LogP contribution >= 0.6 is 0 Å². The van der Waals surface area contributed by atoms with Crippen LogP contribution in [0.2, 0.25) is 0 Å². The fourth-order valence-corrected chi connectivity index (χ4v) is 2.45. The summed E-state index contributed by atoms with van der Waals surface area (Å²) < 4.78 is 6.02. The van der Waals surface area contributed by atoms with Crippen LogP contribution in [0.25, 0.3) is 11.0 Å². The maximum Gasteiger partial charge on any atom is 0.134 e. The predicted octanol–water partition coefficient (Wildman–Crippen LogP) is 4.83. The summed E-state index contributed by atoms with van der Waals surface area (Å²) in [6.45, 7) is 9.86. The van der Waals surface area contributed by atoms with Gasteiger partial charge in [0.25, 0.3) is 0 Å². The smallest absolute Gasteiger partial charge is 0.134 e. The number of benzene rings is 1. The number of aryl methyl sites for hydroxylation is 1. The molecule has 0 saturated carbocycles. The molecule has 0 radical (unpaired) electrons. The molecule has 1 aromatic carbocycles. The highest BCUT2D eigenvalue weighted by Crippen LogP contribution is 2.28. The lowest BCUT2D eigenvalue weighted by Crippen LogP contribution is -2.23. The third-order valence-corrected chi connectivity index (χ3v) is 3.38.